The van der Waals surface area contributed by atoms with E-state index in [0.29, 0.717) is 11.1 Å². The highest BCUT2D eigenvalue weighted by Gasteiger charge is 2.23. The van der Waals surface area contributed by atoms with Crippen molar-refractivity contribution in [3.63, 3.8) is 0 Å². The summed E-state index contributed by atoms with van der Waals surface area (Å²) in [6.07, 6.45) is 1.88. The van der Waals surface area contributed by atoms with E-state index in [1.807, 2.05) is 0 Å². The third kappa shape index (κ3) is 2.47. The summed E-state index contributed by atoms with van der Waals surface area (Å²) in [5, 5.41) is 0.442. The lowest BCUT2D eigenvalue weighted by Gasteiger charge is -2.38. The molecular weight excluding hydrogens is 227 g/mol. The molecule has 1 aliphatic heterocycles. The maximum atomic E-state index is 13.3. The summed E-state index contributed by atoms with van der Waals surface area (Å²) in [5.74, 6) is -0.287. The van der Waals surface area contributed by atoms with Crippen molar-refractivity contribution in [1.82, 2.24) is 0 Å². The molecule has 0 aromatic heterocycles. The van der Waals surface area contributed by atoms with Crippen molar-refractivity contribution in [2.24, 2.45) is 5.73 Å². The first-order chi connectivity index (χ1) is 7.56. The Hall–Kier alpha value is -0.800. The Labute approximate surface area is 100 Å². The molecule has 2 unspecified atom stereocenters. The molecule has 1 aliphatic rings. The van der Waals surface area contributed by atoms with Crippen LogP contribution < -0.4 is 10.6 Å². The minimum absolute atomic E-state index is 0.260. The van der Waals surface area contributed by atoms with E-state index in [2.05, 4.69) is 11.8 Å². The largest absolute Gasteiger partial charge is 0.369 e. The standard InChI is InChI=1S/C12H16ClFN2/c1-8-4-11(15)2-3-16(8)12-6-9(13)5-10(14)7-12/h5-8,11H,2-4,15H2,1H3. The van der Waals surface area contributed by atoms with Crippen molar-refractivity contribution >= 4 is 17.3 Å². The van der Waals surface area contributed by atoms with Gasteiger partial charge < -0.3 is 10.6 Å². The van der Waals surface area contributed by atoms with Gasteiger partial charge in [-0.25, -0.2) is 4.39 Å². The van der Waals surface area contributed by atoms with Crippen molar-refractivity contribution in [3.8, 4) is 0 Å². The zero-order chi connectivity index (χ0) is 11.7. The number of nitrogens with two attached hydrogens (primary N) is 1. The van der Waals surface area contributed by atoms with E-state index in [1.165, 1.54) is 12.1 Å². The van der Waals surface area contributed by atoms with Gasteiger partial charge in [-0.05, 0) is 38.0 Å². The van der Waals surface area contributed by atoms with Gasteiger partial charge in [0.05, 0.1) is 0 Å². The SMILES string of the molecule is CC1CC(N)CCN1c1cc(F)cc(Cl)c1. The van der Waals surface area contributed by atoms with Crippen LogP contribution in [0.15, 0.2) is 18.2 Å². The number of halogens is 2. The van der Waals surface area contributed by atoms with Crippen LogP contribution in [0.1, 0.15) is 19.8 Å². The second-order valence-corrected chi connectivity index (χ2v) is 4.89. The van der Waals surface area contributed by atoms with Crippen molar-refractivity contribution in [3.05, 3.63) is 29.0 Å². The van der Waals surface area contributed by atoms with Crippen LogP contribution in [0.3, 0.4) is 0 Å². The first-order valence-corrected chi connectivity index (χ1v) is 5.92. The quantitative estimate of drug-likeness (QED) is 0.821. The molecule has 4 heteroatoms. The van der Waals surface area contributed by atoms with E-state index in [-0.39, 0.29) is 11.9 Å². The van der Waals surface area contributed by atoms with Gasteiger partial charge in [0.15, 0.2) is 0 Å². The van der Waals surface area contributed by atoms with E-state index in [4.69, 9.17) is 17.3 Å². The van der Waals surface area contributed by atoms with Crippen LogP contribution in [-0.2, 0) is 0 Å². The van der Waals surface area contributed by atoms with E-state index in [0.717, 1.165) is 25.1 Å². The highest BCUT2D eigenvalue weighted by Crippen LogP contribution is 2.27. The Kier molecular flexibility index (Phi) is 3.36. The lowest BCUT2D eigenvalue weighted by Crippen LogP contribution is -2.45. The monoisotopic (exact) mass is 242 g/mol. The minimum Gasteiger partial charge on any atom is -0.369 e. The van der Waals surface area contributed by atoms with Crippen LogP contribution in [-0.4, -0.2) is 18.6 Å². The molecule has 0 radical (unpaired) electrons. The molecule has 2 rings (SSSR count). The van der Waals surface area contributed by atoms with Gasteiger partial charge in [-0.1, -0.05) is 11.6 Å². The second-order valence-electron chi connectivity index (χ2n) is 4.45. The first kappa shape index (κ1) is 11.7. The molecule has 2 N–H and O–H groups in total. The van der Waals surface area contributed by atoms with Crippen LogP contribution in [0.4, 0.5) is 10.1 Å². The van der Waals surface area contributed by atoms with Gasteiger partial charge >= 0.3 is 0 Å². The first-order valence-electron chi connectivity index (χ1n) is 5.54. The predicted octanol–water partition coefficient (Wildman–Crippen LogP) is 2.80. The number of piperidine rings is 1. The van der Waals surface area contributed by atoms with Crippen LogP contribution >= 0.6 is 11.6 Å². The van der Waals surface area contributed by atoms with Gasteiger partial charge in [-0.2, -0.15) is 0 Å². The second kappa shape index (κ2) is 4.60. The van der Waals surface area contributed by atoms with Crippen molar-refractivity contribution in [2.45, 2.75) is 31.8 Å². The molecule has 2 atom stereocenters. The number of hydrogen-bond acceptors (Lipinski definition) is 2. The molecule has 0 saturated carbocycles. The zero-order valence-electron chi connectivity index (χ0n) is 9.29. The van der Waals surface area contributed by atoms with Crippen molar-refractivity contribution in [1.29, 1.82) is 0 Å². The van der Waals surface area contributed by atoms with Gasteiger partial charge in [0.2, 0.25) is 0 Å². The van der Waals surface area contributed by atoms with Crippen LogP contribution in [0.5, 0.6) is 0 Å². The van der Waals surface area contributed by atoms with Crippen molar-refractivity contribution in [2.75, 3.05) is 11.4 Å². The molecule has 0 amide bonds. The average Bonchev–Trinajstić information content (AvgIpc) is 2.15. The van der Waals surface area contributed by atoms with E-state index in [9.17, 15) is 4.39 Å². The van der Waals surface area contributed by atoms with Crippen LogP contribution in [0, 0.1) is 5.82 Å². The molecule has 1 saturated heterocycles. The summed E-state index contributed by atoms with van der Waals surface area (Å²) in [6, 6.07) is 5.25. The third-order valence-corrected chi connectivity index (χ3v) is 3.31. The summed E-state index contributed by atoms with van der Waals surface area (Å²) < 4.78 is 13.3. The highest BCUT2D eigenvalue weighted by atomic mass is 35.5. The zero-order valence-corrected chi connectivity index (χ0v) is 10.0. The van der Waals surface area contributed by atoms with Crippen LogP contribution in [0.25, 0.3) is 0 Å². The molecule has 1 aromatic rings. The summed E-state index contributed by atoms with van der Waals surface area (Å²) >= 11 is 5.85. The fourth-order valence-corrected chi connectivity index (χ4v) is 2.51. The lowest BCUT2D eigenvalue weighted by molar-refractivity contribution is 0.429. The predicted molar refractivity (Wildman–Crippen MR) is 65.4 cm³/mol. The molecule has 0 aliphatic carbocycles. The molecule has 2 nitrogen and oxygen atoms in total. The fourth-order valence-electron chi connectivity index (χ4n) is 2.30. The minimum atomic E-state index is -0.287. The van der Waals surface area contributed by atoms with Gasteiger partial charge in [0, 0.05) is 29.3 Å². The van der Waals surface area contributed by atoms with E-state index in [1.54, 1.807) is 6.07 Å². The molecule has 16 heavy (non-hydrogen) atoms. The number of hydrogen-bond donors (Lipinski definition) is 1. The number of benzene rings is 1. The third-order valence-electron chi connectivity index (χ3n) is 3.10. The molecule has 0 spiro atoms. The van der Waals surface area contributed by atoms with Gasteiger partial charge in [-0.15, -0.1) is 0 Å². The summed E-state index contributed by atoms with van der Waals surface area (Å²) in [4.78, 5) is 2.16. The molecular formula is C12H16ClFN2. The van der Waals surface area contributed by atoms with Gasteiger partial charge in [-0.3, -0.25) is 0 Å². The molecule has 88 valence electrons. The molecule has 1 fully saturated rings. The molecule has 0 bridgehead atoms. The Balaban J connectivity index is 2.23. The number of anilines is 1. The van der Waals surface area contributed by atoms with E-state index < -0.39 is 0 Å². The fraction of sp³-hybridized carbons (Fsp3) is 0.500. The normalized spacial score (nSPS) is 25.9. The van der Waals surface area contributed by atoms with Gasteiger partial charge in [0.25, 0.3) is 0 Å². The topological polar surface area (TPSA) is 29.3 Å². The maximum absolute atomic E-state index is 13.3. The summed E-state index contributed by atoms with van der Waals surface area (Å²) in [5.41, 5.74) is 6.75. The summed E-state index contributed by atoms with van der Waals surface area (Å²) in [7, 11) is 0. The van der Waals surface area contributed by atoms with Crippen molar-refractivity contribution < 1.29 is 4.39 Å². The highest BCUT2D eigenvalue weighted by molar-refractivity contribution is 6.30. The Bertz CT molecular complexity index is 363. The smallest absolute Gasteiger partial charge is 0.126 e. The van der Waals surface area contributed by atoms with Gasteiger partial charge in [0.1, 0.15) is 5.82 Å². The molecule has 1 aromatic carbocycles. The van der Waals surface area contributed by atoms with E-state index >= 15 is 0 Å². The number of rotatable bonds is 1. The Morgan fingerprint density at radius 2 is 2.19 bits per heavy atom. The Morgan fingerprint density at radius 3 is 2.81 bits per heavy atom. The maximum Gasteiger partial charge on any atom is 0.126 e. The molecule has 1 heterocycles. The number of nitrogens with zero attached hydrogens (tertiary/aromatic N) is 1. The average molecular weight is 243 g/mol. The Morgan fingerprint density at radius 1 is 1.44 bits per heavy atom. The lowest BCUT2D eigenvalue weighted by atomic mass is 9.98. The van der Waals surface area contributed by atoms with Crippen LogP contribution in [0.2, 0.25) is 5.02 Å². The summed E-state index contributed by atoms with van der Waals surface area (Å²) in [6.45, 7) is 2.97.